The second-order valence-corrected chi connectivity index (χ2v) is 5.77. The summed E-state index contributed by atoms with van der Waals surface area (Å²) >= 11 is 7.16. The van der Waals surface area contributed by atoms with E-state index in [2.05, 4.69) is 9.97 Å². The summed E-state index contributed by atoms with van der Waals surface area (Å²) in [6.07, 6.45) is 1.55. The van der Waals surface area contributed by atoms with E-state index < -0.39 is 22.1 Å². The number of nitro benzene ring substituents is 1. The number of hydrogen-bond donors (Lipinski definition) is 2. The van der Waals surface area contributed by atoms with E-state index in [9.17, 15) is 20.3 Å². The number of hydrogen-bond acceptors (Lipinski definition) is 7. The molecule has 0 amide bonds. The molecule has 2 aromatic heterocycles. The number of aromatic hydroxyl groups is 2. The number of halogens is 1. The van der Waals surface area contributed by atoms with Gasteiger partial charge in [0.2, 0.25) is 5.75 Å². The van der Waals surface area contributed by atoms with Gasteiger partial charge < -0.3 is 10.2 Å². The molecule has 116 valence electrons. The first-order valence-electron chi connectivity index (χ1n) is 6.24. The molecule has 23 heavy (non-hydrogen) atoms. The van der Waals surface area contributed by atoms with Crippen molar-refractivity contribution < 1.29 is 15.1 Å². The molecule has 0 bridgehead atoms. The number of aromatic nitrogens is 2. The third kappa shape index (κ3) is 2.94. The van der Waals surface area contributed by atoms with Crippen molar-refractivity contribution in [3.8, 4) is 33.3 Å². The van der Waals surface area contributed by atoms with Crippen molar-refractivity contribution in [1.29, 1.82) is 0 Å². The van der Waals surface area contributed by atoms with Gasteiger partial charge in [0.25, 0.3) is 0 Å². The van der Waals surface area contributed by atoms with Crippen LogP contribution in [0.1, 0.15) is 0 Å². The van der Waals surface area contributed by atoms with Gasteiger partial charge in [0.05, 0.1) is 10.6 Å². The molecule has 2 N–H and O–H groups in total. The summed E-state index contributed by atoms with van der Waals surface area (Å²) in [5.41, 5.74) is 0.950. The first-order chi connectivity index (χ1) is 11.0. The highest BCUT2D eigenvalue weighted by atomic mass is 35.5. The van der Waals surface area contributed by atoms with Gasteiger partial charge in [0.1, 0.15) is 10.2 Å². The van der Waals surface area contributed by atoms with Gasteiger partial charge in [0.15, 0.2) is 5.75 Å². The normalized spacial score (nSPS) is 10.7. The Hall–Kier alpha value is -2.71. The third-order valence-electron chi connectivity index (χ3n) is 3.04. The molecule has 0 saturated heterocycles. The Morgan fingerprint density at radius 2 is 2.00 bits per heavy atom. The summed E-state index contributed by atoms with van der Waals surface area (Å²) in [7, 11) is 0. The van der Waals surface area contributed by atoms with Crippen LogP contribution in [0.5, 0.6) is 11.5 Å². The minimum absolute atomic E-state index is 0.328. The Bertz CT molecular complexity index is 913. The summed E-state index contributed by atoms with van der Waals surface area (Å²) in [5.74, 6) is -1.34. The molecule has 7 nitrogen and oxygen atoms in total. The largest absolute Gasteiger partial charge is 0.504 e. The zero-order valence-electron chi connectivity index (χ0n) is 11.3. The molecular formula is C14H8ClN3O4S. The van der Waals surface area contributed by atoms with E-state index in [1.165, 1.54) is 17.4 Å². The summed E-state index contributed by atoms with van der Waals surface area (Å²) < 4.78 is 0. The van der Waals surface area contributed by atoms with E-state index in [0.717, 1.165) is 11.6 Å². The molecule has 0 atom stereocenters. The number of nitro groups is 1. The van der Waals surface area contributed by atoms with Crippen molar-refractivity contribution in [1.82, 2.24) is 9.97 Å². The molecule has 0 saturated carbocycles. The molecule has 0 fully saturated rings. The van der Waals surface area contributed by atoms with Gasteiger partial charge in [0, 0.05) is 28.8 Å². The number of pyridine rings is 1. The van der Waals surface area contributed by atoms with E-state index in [4.69, 9.17) is 11.6 Å². The maximum atomic E-state index is 10.9. The van der Waals surface area contributed by atoms with Gasteiger partial charge in [-0.05, 0) is 18.2 Å². The smallest absolute Gasteiger partial charge is 0.315 e. The molecule has 0 aliphatic carbocycles. The third-order valence-corrected chi connectivity index (χ3v) is 4.14. The Kier molecular flexibility index (Phi) is 3.85. The van der Waals surface area contributed by atoms with Crippen LogP contribution in [-0.4, -0.2) is 25.1 Å². The van der Waals surface area contributed by atoms with Crippen molar-refractivity contribution in [3.63, 3.8) is 0 Å². The van der Waals surface area contributed by atoms with Crippen LogP contribution < -0.4 is 0 Å². The average Bonchev–Trinajstić information content (AvgIpc) is 2.99. The fraction of sp³-hybridized carbons (Fsp3) is 0. The highest BCUT2D eigenvalue weighted by Crippen LogP contribution is 2.40. The fourth-order valence-electron chi connectivity index (χ4n) is 1.97. The number of rotatable bonds is 3. The molecule has 0 radical (unpaired) electrons. The quantitative estimate of drug-likeness (QED) is 0.322. The van der Waals surface area contributed by atoms with Crippen LogP contribution in [0.3, 0.4) is 0 Å². The second kappa shape index (κ2) is 5.82. The molecule has 0 unspecified atom stereocenters. The molecule has 0 aliphatic rings. The van der Waals surface area contributed by atoms with E-state index in [1.54, 1.807) is 23.7 Å². The molecule has 9 heteroatoms. The minimum Gasteiger partial charge on any atom is -0.504 e. The molecule has 0 aliphatic heterocycles. The number of phenols is 2. The number of nitrogens with zero attached hydrogens (tertiary/aromatic N) is 3. The molecule has 1 aromatic carbocycles. The lowest BCUT2D eigenvalue weighted by molar-refractivity contribution is -0.385. The molecule has 2 heterocycles. The molecular weight excluding hydrogens is 342 g/mol. The van der Waals surface area contributed by atoms with Crippen molar-refractivity contribution in [2.24, 2.45) is 0 Å². The Morgan fingerprint density at radius 1 is 1.22 bits per heavy atom. The van der Waals surface area contributed by atoms with Crippen molar-refractivity contribution in [2.45, 2.75) is 0 Å². The number of phenolic OH excluding ortho intramolecular Hbond substituents is 2. The van der Waals surface area contributed by atoms with Crippen LogP contribution in [0.4, 0.5) is 5.69 Å². The summed E-state index contributed by atoms with van der Waals surface area (Å²) in [4.78, 5) is 18.4. The summed E-state index contributed by atoms with van der Waals surface area (Å²) in [6, 6.07) is 5.78. The zero-order chi connectivity index (χ0) is 16.6. The second-order valence-electron chi connectivity index (χ2n) is 4.53. The van der Waals surface area contributed by atoms with Crippen molar-refractivity contribution in [3.05, 3.63) is 51.1 Å². The lowest BCUT2D eigenvalue weighted by Crippen LogP contribution is -1.90. The zero-order valence-corrected chi connectivity index (χ0v) is 12.9. The summed E-state index contributed by atoms with van der Waals surface area (Å²) in [5, 5.41) is 32.8. The predicted molar refractivity (Wildman–Crippen MR) is 85.8 cm³/mol. The van der Waals surface area contributed by atoms with Crippen LogP contribution in [0.25, 0.3) is 21.8 Å². The average molecular weight is 350 g/mol. The lowest BCUT2D eigenvalue weighted by atomic mass is 10.1. The van der Waals surface area contributed by atoms with Gasteiger partial charge >= 0.3 is 5.69 Å². The first-order valence-corrected chi connectivity index (χ1v) is 7.49. The topological polar surface area (TPSA) is 109 Å². The SMILES string of the molecule is O=[N+]([O-])c1cc(-c2csc(-c3ccnc(Cl)c3)n2)cc(O)c1O. The van der Waals surface area contributed by atoms with Gasteiger partial charge in [-0.2, -0.15) is 0 Å². The highest BCUT2D eigenvalue weighted by molar-refractivity contribution is 7.13. The van der Waals surface area contributed by atoms with Crippen LogP contribution >= 0.6 is 22.9 Å². The fourth-order valence-corrected chi connectivity index (χ4v) is 2.97. The van der Waals surface area contributed by atoms with Gasteiger partial charge in [-0.25, -0.2) is 9.97 Å². The lowest BCUT2D eigenvalue weighted by Gasteiger charge is -2.02. The van der Waals surface area contributed by atoms with E-state index in [-0.39, 0.29) is 0 Å². The predicted octanol–water partition coefficient (Wildman–Crippen LogP) is 3.84. The Labute approximate surface area is 138 Å². The molecule has 3 rings (SSSR count). The monoisotopic (exact) mass is 349 g/mol. The molecule has 0 spiro atoms. The van der Waals surface area contributed by atoms with E-state index in [1.807, 2.05) is 0 Å². The number of thiazole rings is 1. The Morgan fingerprint density at radius 3 is 2.70 bits per heavy atom. The van der Waals surface area contributed by atoms with Crippen molar-refractivity contribution in [2.75, 3.05) is 0 Å². The van der Waals surface area contributed by atoms with Gasteiger partial charge in [-0.3, -0.25) is 10.1 Å². The minimum atomic E-state index is -0.769. The van der Waals surface area contributed by atoms with Crippen LogP contribution in [0.15, 0.2) is 35.8 Å². The van der Waals surface area contributed by atoms with Crippen LogP contribution in [-0.2, 0) is 0 Å². The maximum Gasteiger partial charge on any atom is 0.315 e. The highest BCUT2D eigenvalue weighted by Gasteiger charge is 2.20. The first kappa shape index (κ1) is 15.2. The van der Waals surface area contributed by atoms with Crippen LogP contribution in [0.2, 0.25) is 5.15 Å². The number of benzene rings is 1. The molecule has 3 aromatic rings. The van der Waals surface area contributed by atoms with Gasteiger partial charge in [-0.15, -0.1) is 11.3 Å². The standard InChI is InChI=1S/C14H8ClN3O4S/c15-12-5-7(1-2-16-12)14-17-9(6-23-14)8-3-10(18(21)22)13(20)11(19)4-8/h1-6,19-20H. The van der Waals surface area contributed by atoms with Crippen LogP contribution in [0, 0.1) is 10.1 Å². The Balaban J connectivity index is 2.06. The van der Waals surface area contributed by atoms with E-state index >= 15 is 0 Å². The van der Waals surface area contributed by atoms with E-state index in [0.29, 0.717) is 21.4 Å². The van der Waals surface area contributed by atoms with Crippen molar-refractivity contribution >= 4 is 28.6 Å². The van der Waals surface area contributed by atoms with Gasteiger partial charge in [-0.1, -0.05) is 11.6 Å². The summed E-state index contributed by atoms with van der Waals surface area (Å²) in [6.45, 7) is 0. The maximum absolute atomic E-state index is 10.9.